The molecule has 1 aliphatic carbocycles. The average molecular weight is 357 g/mol. The molecule has 138 valence electrons. The average Bonchev–Trinajstić information content (AvgIpc) is 3.32. The van der Waals surface area contributed by atoms with Gasteiger partial charge in [0.25, 0.3) is 0 Å². The van der Waals surface area contributed by atoms with Gasteiger partial charge in [-0.25, -0.2) is 0 Å². The summed E-state index contributed by atoms with van der Waals surface area (Å²) in [7, 11) is 0. The molecule has 0 amide bonds. The van der Waals surface area contributed by atoms with Gasteiger partial charge in [0.1, 0.15) is 11.5 Å². The van der Waals surface area contributed by atoms with Crippen molar-refractivity contribution >= 4 is 11.6 Å². The Bertz CT molecular complexity index is 994. The number of fused-ring (bicyclic) bond motifs is 1. The molecule has 2 aromatic carbocycles. The maximum atomic E-state index is 5.91. The fourth-order valence-electron chi connectivity index (χ4n) is 4.17. The van der Waals surface area contributed by atoms with E-state index in [1.165, 1.54) is 44.5 Å². The van der Waals surface area contributed by atoms with E-state index in [0.29, 0.717) is 0 Å². The molecule has 4 rings (SSSR count). The lowest BCUT2D eigenvalue weighted by Gasteiger charge is -2.16. The van der Waals surface area contributed by atoms with Crippen LogP contribution in [0.4, 0.5) is 0 Å². The van der Waals surface area contributed by atoms with E-state index in [9.17, 15) is 0 Å². The van der Waals surface area contributed by atoms with Gasteiger partial charge in [0.05, 0.1) is 0 Å². The topological polar surface area (TPSA) is 13.1 Å². The van der Waals surface area contributed by atoms with Crippen molar-refractivity contribution < 1.29 is 4.42 Å². The molecular weight excluding hydrogens is 328 g/mol. The van der Waals surface area contributed by atoms with E-state index >= 15 is 0 Å². The van der Waals surface area contributed by atoms with Crippen LogP contribution in [-0.4, -0.2) is 0 Å². The highest BCUT2D eigenvalue weighted by Gasteiger charge is 2.22. The first-order valence-corrected chi connectivity index (χ1v) is 10.2. The zero-order chi connectivity index (χ0) is 19.0. The van der Waals surface area contributed by atoms with Crippen molar-refractivity contribution in [1.29, 1.82) is 0 Å². The van der Waals surface area contributed by atoms with Crippen LogP contribution in [0.15, 0.2) is 46.9 Å². The van der Waals surface area contributed by atoms with Gasteiger partial charge in [-0.2, -0.15) is 0 Å². The summed E-state index contributed by atoms with van der Waals surface area (Å²) in [6.45, 7) is 8.75. The predicted molar refractivity (Wildman–Crippen MR) is 115 cm³/mol. The summed E-state index contributed by atoms with van der Waals surface area (Å²) >= 11 is 0. The summed E-state index contributed by atoms with van der Waals surface area (Å²) in [6, 6.07) is 15.9. The van der Waals surface area contributed by atoms with Gasteiger partial charge >= 0.3 is 0 Å². The molecule has 1 aromatic heterocycles. The third-order valence-electron chi connectivity index (χ3n) is 5.72. The number of hydrogen-bond donors (Lipinski definition) is 0. The van der Waals surface area contributed by atoms with E-state index in [2.05, 4.69) is 69.3 Å². The molecule has 1 heteroatoms. The fourth-order valence-corrected chi connectivity index (χ4v) is 4.17. The van der Waals surface area contributed by atoms with Crippen molar-refractivity contribution in [3.8, 4) is 11.1 Å². The second-order valence-corrected chi connectivity index (χ2v) is 7.53. The van der Waals surface area contributed by atoms with Crippen molar-refractivity contribution in [2.75, 3.05) is 0 Å². The highest BCUT2D eigenvalue weighted by molar-refractivity contribution is 5.94. The van der Waals surface area contributed by atoms with E-state index in [1.54, 1.807) is 0 Å². The molecule has 0 radical (unpaired) electrons. The van der Waals surface area contributed by atoms with Gasteiger partial charge in [-0.15, -0.1) is 0 Å². The van der Waals surface area contributed by atoms with E-state index in [4.69, 9.17) is 4.42 Å². The summed E-state index contributed by atoms with van der Waals surface area (Å²) in [5, 5.41) is 0. The van der Waals surface area contributed by atoms with Gasteiger partial charge in [0.15, 0.2) is 0 Å². The van der Waals surface area contributed by atoms with Gasteiger partial charge in [0.2, 0.25) is 0 Å². The molecule has 0 fully saturated rings. The predicted octanol–water partition coefficient (Wildman–Crippen LogP) is 7.04. The highest BCUT2D eigenvalue weighted by Crippen LogP contribution is 2.40. The molecular formula is C26H28O. The maximum absolute atomic E-state index is 5.91. The molecule has 3 aromatic rings. The summed E-state index contributed by atoms with van der Waals surface area (Å²) in [4.78, 5) is 0. The Morgan fingerprint density at radius 2 is 1.59 bits per heavy atom. The molecule has 0 spiro atoms. The third-order valence-corrected chi connectivity index (χ3v) is 5.72. The summed E-state index contributed by atoms with van der Waals surface area (Å²) in [6.07, 6.45) is 6.50. The molecule has 1 aliphatic rings. The van der Waals surface area contributed by atoms with E-state index in [1.807, 2.05) is 6.92 Å². The van der Waals surface area contributed by atoms with Crippen molar-refractivity contribution in [3.63, 3.8) is 0 Å². The van der Waals surface area contributed by atoms with Crippen molar-refractivity contribution in [1.82, 2.24) is 0 Å². The maximum Gasteiger partial charge on any atom is 0.130 e. The minimum atomic E-state index is 0.952. The lowest BCUT2D eigenvalue weighted by Crippen LogP contribution is -1.96. The zero-order valence-corrected chi connectivity index (χ0v) is 16.9. The van der Waals surface area contributed by atoms with Gasteiger partial charge in [-0.1, -0.05) is 51.1 Å². The first-order valence-electron chi connectivity index (χ1n) is 10.2. The third kappa shape index (κ3) is 3.27. The number of rotatable bonds is 5. The van der Waals surface area contributed by atoms with Crippen molar-refractivity contribution in [2.45, 2.75) is 53.4 Å². The summed E-state index contributed by atoms with van der Waals surface area (Å²) in [5.74, 6) is 1.98. The van der Waals surface area contributed by atoms with Crippen LogP contribution in [-0.2, 0) is 25.7 Å². The van der Waals surface area contributed by atoms with E-state index < -0.39 is 0 Å². The molecule has 0 atom stereocenters. The standard InChI is InChI=1S/C26H28O/c1-5-18-12-19(6-2)14-23(13-18)26-20(7-3)9-10-21-15-22(16-24(21)26)25-11-8-17(4)27-25/h8-14,16H,5-7,15H2,1-4H3. The number of aryl methyl sites for hydroxylation is 4. The number of benzene rings is 2. The van der Waals surface area contributed by atoms with Crippen LogP contribution in [0.5, 0.6) is 0 Å². The second-order valence-electron chi connectivity index (χ2n) is 7.53. The number of furan rings is 1. The van der Waals surface area contributed by atoms with Crippen LogP contribution in [0.25, 0.3) is 22.8 Å². The molecule has 27 heavy (non-hydrogen) atoms. The van der Waals surface area contributed by atoms with Gasteiger partial charge in [-0.05, 0) is 88.9 Å². The molecule has 0 saturated heterocycles. The van der Waals surface area contributed by atoms with Crippen molar-refractivity contribution in [2.24, 2.45) is 0 Å². The smallest absolute Gasteiger partial charge is 0.130 e. The molecule has 0 saturated carbocycles. The van der Waals surface area contributed by atoms with Crippen molar-refractivity contribution in [3.05, 3.63) is 81.8 Å². The van der Waals surface area contributed by atoms with E-state index in [0.717, 1.165) is 37.2 Å². The van der Waals surface area contributed by atoms with Gasteiger partial charge in [0, 0.05) is 6.42 Å². The Kier molecular flexibility index (Phi) is 4.78. The van der Waals surface area contributed by atoms with Crippen LogP contribution in [0.3, 0.4) is 0 Å². The Morgan fingerprint density at radius 3 is 2.19 bits per heavy atom. The first kappa shape index (κ1) is 17.9. The Hall–Kier alpha value is -2.54. The largest absolute Gasteiger partial charge is 0.462 e. The molecule has 0 N–H and O–H groups in total. The second kappa shape index (κ2) is 7.23. The van der Waals surface area contributed by atoms with E-state index in [-0.39, 0.29) is 0 Å². The normalized spacial score (nSPS) is 13.0. The molecule has 0 unspecified atom stereocenters. The zero-order valence-electron chi connectivity index (χ0n) is 16.9. The molecule has 1 nitrogen and oxygen atoms in total. The minimum Gasteiger partial charge on any atom is -0.462 e. The van der Waals surface area contributed by atoms with Gasteiger partial charge < -0.3 is 4.42 Å². The van der Waals surface area contributed by atoms with Crippen LogP contribution >= 0.6 is 0 Å². The minimum absolute atomic E-state index is 0.952. The fraction of sp³-hybridized carbons (Fsp3) is 0.308. The van der Waals surface area contributed by atoms with Crippen LogP contribution in [0.2, 0.25) is 0 Å². The first-order chi connectivity index (χ1) is 13.1. The van der Waals surface area contributed by atoms with Crippen LogP contribution in [0, 0.1) is 6.92 Å². The summed E-state index contributed by atoms with van der Waals surface area (Å²) in [5.41, 5.74) is 11.1. The molecule has 0 bridgehead atoms. The Labute approximate surface area is 162 Å². The Balaban J connectivity index is 1.90. The quantitative estimate of drug-likeness (QED) is 0.478. The number of hydrogen-bond acceptors (Lipinski definition) is 1. The SMILES string of the molecule is CCc1cc(CC)cc(-c2c(CC)ccc3c2C=C(c2ccc(C)o2)C3)c1. The molecule has 0 aliphatic heterocycles. The van der Waals surface area contributed by atoms with Crippen LogP contribution < -0.4 is 0 Å². The Morgan fingerprint density at radius 1 is 0.852 bits per heavy atom. The summed E-state index contributed by atoms with van der Waals surface area (Å²) < 4.78 is 5.91. The number of allylic oxidation sites excluding steroid dienone is 1. The van der Waals surface area contributed by atoms with Crippen LogP contribution in [0.1, 0.15) is 60.1 Å². The monoisotopic (exact) mass is 356 g/mol. The molecule has 1 heterocycles. The highest BCUT2D eigenvalue weighted by atomic mass is 16.3. The lowest BCUT2D eigenvalue weighted by atomic mass is 9.89. The van der Waals surface area contributed by atoms with Gasteiger partial charge in [-0.3, -0.25) is 0 Å². The lowest BCUT2D eigenvalue weighted by molar-refractivity contribution is 0.521.